The molecule has 3 aromatic rings. The molecule has 1 aromatic heterocycles. The number of likely N-dealkylation sites (tertiary alicyclic amines) is 1. The molecule has 5 rings (SSSR count). The van der Waals surface area contributed by atoms with E-state index >= 15 is 0 Å². The van der Waals surface area contributed by atoms with Crippen LogP contribution in [0.2, 0.25) is 0 Å². The van der Waals surface area contributed by atoms with Gasteiger partial charge < -0.3 is 5.32 Å². The number of rotatable bonds is 5. The molecule has 2 aromatic carbocycles. The maximum absolute atomic E-state index is 13.3. The van der Waals surface area contributed by atoms with Crippen molar-refractivity contribution < 1.29 is 0 Å². The lowest BCUT2D eigenvalue weighted by Gasteiger charge is -2.40. The third kappa shape index (κ3) is 3.40. The lowest BCUT2D eigenvalue weighted by molar-refractivity contribution is 0.123. The van der Waals surface area contributed by atoms with Crippen molar-refractivity contribution in [3.05, 3.63) is 70.1 Å². The van der Waals surface area contributed by atoms with Crippen molar-refractivity contribution in [1.82, 2.24) is 19.4 Å². The summed E-state index contributed by atoms with van der Waals surface area (Å²) in [6.45, 7) is 3.63. The van der Waals surface area contributed by atoms with Gasteiger partial charge in [0, 0.05) is 38.3 Å². The molecule has 30 heavy (non-hydrogen) atoms. The van der Waals surface area contributed by atoms with E-state index in [0.717, 1.165) is 43.5 Å². The van der Waals surface area contributed by atoms with Gasteiger partial charge in [0.25, 0.3) is 0 Å². The van der Waals surface area contributed by atoms with Crippen LogP contribution in [0.15, 0.2) is 53.3 Å². The zero-order valence-electron chi connectivity index (χ0n) is 17.9. The molecule has 0 spiro atoms. The van der Waals surface area contributed by atoms with Gasteiger partial charge in [0.05, 0.1) is 11.0 Å². The minimum Gasteiger partial charge on any atom is -0.318 e. The second-order valence-electron chi connectivity index (χ2n) is 8.77. The average Bonchev–Trinajstić information content (AvgIpc) is 3.08. The first-order valence-electron chi connectivity index (χ1n) is 11.4. The summed E-state index contributed by atoms with van der Waals surface area (Å²) in [6.07, 6.45) is 5.83. The molecule has 0 saturated carbocycles. The van der Waals surface area contributed by atoms with Crippen LogP contribution in [0, 0.1) is 0 Å². The highest BCUT2D eigenvalue weighted by Gasteiger charge is 2.31. The number of para-hydroxylation sites is 2. The Labute approximate surface area is 178 Å². The normalized spacial score (nSPS) is 20.5. The van der Waals surface area contributed by atoms with Crippen LogP contribution in [0.3, 0.4) is 0 Å². The molecule has 2 heterocycles. The Morgan fingerprint density at radius 3 is 2.50 bits per heavy atom. The fourth-order valence-corrected chi connectivity index (χ4v) is 5.59. The fourth-order valence-electron chi connectivity index (χ4n) is 5.59. The lowest BCUT2D eigenvalue weighted by Crippen LogP contribution is -2.40. The average molecular weight is 405 g/mol. The van der Waals surface area contributed by atoms with Crippen LogP contribution in [0.4, 0.5) is 0 Å². The summed E-state index contributed by atoms with van der Waals surface area (Å²) < 4.78 is 4.02. The van der Waals surface area contributed by atoms with E-state index in [4.69, 9.17) is 0 Å². The van der Waals surface area contributed by atoms with Gasteiger partial charge in [0.2, 0.25) is 0 Å². The molecule has 1 aliphatic carbocycles. The summed E-state index contributed by atoms with van der Waals surface area (Å²) in [4.78, 5) is 16.0. The number of benzene rings is 2. The van der Waals surface area contributed by atoms with Crippen LogP contribution in [0.5, 0.6) is 0 Å². The number of hydrogen-bond acceptors (Lipinski definition) is 3. The van der Waals surface area contributed by atoms with Gasteiger partial charge in [0.15, 0.2) is 0 Å². The van der Waals surface area contributed by atoms with E-state index in [1.807, 2.05) is 17.7 Å². The van der Waals surface area contributed by atoms with Crippen molar-refractivity contribution in [3.63, 3.8) is 0 Å². The standard InChI is InChI=1S/C25H32N4O/c1-26-15-18-28-23-10-4-5-11-24(23)29(25(28)30)20-13-16-27(17-14-20)22-12-6-8-19-7-2-3-9-21(19)22/h2-5,7,9-11,20,22,26H,6,8,12-18H2,1H3. The van der Waals surface area contributed by atoms with E-state index in [1.54, 1.807) is 0 Å². The van der Waals surface area contributed by atoms with Crippen molar-refractivity contribution in [2.24, 2.45) is 0 Å². The molecule has 0 bridgehead atoms. The van der Waals surface area contributed by atoms with Gasteiger partial charge in [0.1, 0.15) is 0 Å². The maximum Gasteiger partial charge on any atom is 0.329 e. The van der Waals surface area contributed by atoms with E-state index in [0.29, 0.717) is 12.6 Å². The van der Waals surface area contributed by atoms with Gasteiger partial charge in [-0.15, -0.1) is 0 Å². The number of likely N-dealkylation sites (N-methyl/N-ethyl adjacent to an activating group) is 1. The van der Waals surface area contributed by atoms with Gasteiger partial charge >= 0.3 is 5.69 Å². The number of nitrogens with zero attached hydrogens (tertiary/aromatic N) is 3. The lowest BCUT2D eigenvalue weighted by atomic mass is 9.86. The third-order valence-electron chi connectivity index (χ3n) is 7.10. The molecule has 1 saturated heterocycles. The minimum atomic E-state index is 0.146. The van der Waals surface area contributed by atoms with E-state index in [-0.39, 0.29) is 11.7 Å². The topological polar surface area (TPSA) is 42.2 Å². The largest absolute Gasteiger partial charge is 0.329 e. The highest BCUT2D eigenvalue weighted by Crippen LogP contribution is 2.37. The number of fused-ring (bicyclic) bond motifs is 2. The smallest absolute Gasteiger partial charge is 0.318 e. The SMILES string of the molecule is CNCCn1c(=O)n(C2CCN(C3CCCc4ccccc43)CC2)c2ccccc21. The Kier molecular flexibility index (Phi) is 5.48. The highest BCUT2D eigenvalue weighted by atomic mass is 16.1. The molecule has 1 N–H and O–H groups in total. The number of piperidine rings is 1. The number of imidazole rings is 1. The summed E-state index contributed by atoms with van der Waals surface area (Å²) in [6, 6.07) is 18.1. The van der Waals surface area contributed by atoms with Crippen LogP contribution in [-0.4, -0.2) is 40.7 Å². The summed E-state index contributed by atoms with van der Waals surface area (Å²) >= 11 is 0. The zero-order valence-corrected chi connectivity index (χ0v) is 17.9. The second-order valence-corrected chi connectivity index (χ2v) is 8.77. The predicted octanol–water partition coefficient (Wildman–Crippen LogP) is 3.74. The summed E-state index contributed by atoms with van der Waals surface area (Å²) in [5.41, 5.74) is 5.34. The molecule has 5 heteroatoms. The molecule has 1 unspecified atom stereocenters. The first kappa shape index (κ1) is 19.6. The molecule has 0 amide bonds. The Hall–Kier alpha value is -2.37. The van der Waals surface area contributed by atoms with Crippen LogP contribution < -0.4 is 11.0 Å². The second kappa shape index (κ2) is 8.40. The van der Waals surface area contributed by atoms with Gasteiger partial charge in [-0.05, 0) is 62.4 Å². The Bertz CT molecular complexity index is 1070. The minimum absolute atomic E-state index is 0.146. The zero-order chi connectivity index (χ0) is 20.5. The van der Waals surface area contributed by atoms with Crippen LogP contribution in [0.25, 0.3) is 11.0 Å². The van der Waals surface area contributed by atoms with E-state index in [9.17, 15) is 4.79 Å². The summed E-state index contributed by atoms with van der Waals surface area (Å²) in [7, 11) is 1.93. The first-order valence-corrected chi connectivity index (χ1v) is 11.4. The van der Waals surface area contributed by atoms with Gasteiger partial charge in [-0.3, -0.25) is 14.0 Å². The van der Waals surface area contributed by atoms with Gasteiger partial charge in [-0.1, -0.05) is 36.4 Å². The van der Waals surface area contributed by atoms with Crippen molar-refractivity contribution in [2.45, 2.75) is 50.7 Å². The maximum atomic E-state index is 13.3. The summed E-state index contributed by atoms with van der Waals surface area (Å²) in [5, 5.41) is 3.17. The Morgan fingerprint density at radius 2 is 1.70 bits per heavy atom. The molecule has 2 aliphatic rings. The molecule has 0 radical (unpaired) electrons. The Balaban J connectivity index is 1.39. The quantitative estimate of drug-likeness (QED) is 0.704. The third-order valence-corrected chi connectivity index (χ3v) is 7.10. The van der Waals surface area contributed by atoms with E-state index in [1.165, 1.54) is 30.4 Å². The number of aryl methyl sites for hydroxylation is 1. The van der Waals surface area contributed by atoms with Gasteiger partial charge in [-0.2, -0.15) is 0 Å². The van der Waals surface area contributed by atoms with E-state index < -0.39 is 0 Å². The van der Waals surface area contributed by atoms with Crippen LogP contribution in [-0.2, 0) is 13.0 Å². The highest BCUT2D eigenvalue weighted by molar-refractivity contribution is 5.76. The molecule has 1 aliphatic heterocycles. The van der Waals surface area contributed by atoms with Crippen molar-refractivity contribution in [2.75, 3.05) is 26.7 Å². The molecule has 5 nitrogen and oxygen atoms in total. The van der Waals surface area contributed by atoms with Crippen molar-refractivity contribution in [1.29, 1.82) is 0 Å². The van der Waals surface area contributed by atoms with Gasteiger partial charge in [-0.25, -0.2) is 4.79 Å². The van der Waals surface area contributed by atoms with Crippen LogP contribution in [0.1, 0.15) is 48.9 Å². The Morgan fingerprint density at radius 1 is 0.967 bits per heavy atom. The number of nitrogens with one attached hydrogen (secondary N) is 1. The predicted molar refractivity (Wildman–Crippen MR) is 122 cm³/mol. The number of hydrogen-bond donors (Lipinski definition) is 1. The molecule has 1 atom stereocenters. The van der Waals surface area contributed by atoms with Crippen molar-refractivity contribution >= 4 is 11.0 Å². The van der Waals surface area contributed by atoms with Crippen LogP contribution >= 0.6 is 0 Å². The molecular formula is C25H32N4O. The number of aromatic nitrogens is 2. The molecule has 1 fully saturated rings. The monoisotopic (exact) mass is 404 g/mol. The fraction of sp³-hybridized carbons (Fsp3) is 0.480. The van der Waals surface area contributed by atoms with E-state index in [2.05, 4.69) is 57.2 Å². The van der Waals surface area contributed by atoms with Crippen molar-refractivity contribution in [3.8, 4) is 0 Å². The molecule has 158 valence electrons. The first-order chi connectivity index (χ1) is 14.8. The summed E-state index contributed by atoms with van der Waals surface area (Å²) in [5.74, 6) is 0. The molecular weight excluding hydrogens is 372 g/mol.